The number of hydrogen-bond acceptors (Lipinski definition) is 4. The van der Waals surface area contributed by atoms with Gasteiger partial charge in [0.1, 0.15) is 5.82 Å². The minimum Gasteiger partial charge on any atom is -0.381 e. The number of hydrogen-bond donors (Lipinski definition) is 2. The molecule has 1 spiro atoms. The number of ether oxygens (including phenoxy) is 1. The zero-order valence-electron chi connectivity index (χ0n) is 15.9. The molecule has 3 amide bonds. The van der Waals surface area contributed by atoms with Gasteiger partial charge in [0.15, 0.2) is 0 Å². The molecule has 0 aliphatic carbocycles. The van der Waals surface area contributed by atoms with Gasteiger partial charge >= 0.3 is 6.03 Å². The Labute approximate surface area is 168 Å². The van der Waals surface area contributed by atoms with Gasteiger partial charge in [0, 0.05) is 43.6 Å². The third kappa shape index (κ3) is 4.22. The van der Waals surface area contributed by atoms with Gasteiger partial charge in [-0.3, -0.25) is 9.78 Å². The molecule has 3 heterocycles. The minimum atomic E-state index is -0.418. The fraction of sp³-hybridized carbons (Fsp3) is 0.381. The number of halogens is 1. The zero-order chi connectivity index (χ0) is 20.3. The van der Waals surface area contributed by atoms with Crippen molar-refractivity contribution in [3.05, 3.63) is 54.6 Å². The Bertz CT molecular complexity index is 887. The molecule has 0 bridgehead atoms. The molecule has 2 N–H and O–H groups in total. The highest BCUT2D eigenvalue weighted by atomic mass is 19.1. The van der Waals surface area contributed by atoms with Crippen molar-refractivity contribution in [2.24, 2.45) is 11.3 Å². The second kappa shape index (κ2) is 8.16. The Hall–Kier alpha value is -3.00. The number of nitrogens with one attached hydrogen (secondary N) is 2. The van der Waals surface area contributed by atoms with Gasteiger partial charge in [-0.05, 0) is 43.2 Å². The molecule has 2 aliphatic rings. The van der Waals surface area contributed by atoms with Gasteiger partial charge in [0.2, 0.25) is 5.91 Å². The average molecular weight is 398 g/mol. The summed E-state index contributed by atoms with van der Waals surface area (Å²) in [5.74, 6) is -0.898. The number of likely N-dealkylation sites (tertiary alicyclic amines) is 1. The molecule has 0 radical (unpaired) electrons. The first-order chi connectivity index (χ1) is 14.1. The van der Waals surface area contributed by atoms with Crippen molar-refractivity contribution < 1.29 is 18.7 Å². The van der Waals surface area contributed by atoms with E-state index in [4.69, 9.17) is 4.74 Å². The van der Waals surface area contributed by atoms with Gasteiger partial charge in [-0.2, -0.15) is 0 Å². The number of carbonyl (C=O) groups is 2. The monoisotopic (exact) mass is 398 g/mol. The molecular formula is C21H23FN4O3. The largest absolute Gasteiger partial charge is 0.381 e. The van der Waals surface area contributed by atoms with Crippen LogP contribution < -0.4 is 10.6 Å². The maximum atomic E-state index is 13.4. The zero-order valence-corrected chi connectivity index (χ0v) is 15.9. The van der Waals surface area contributed by atoms with E-state index in [0.717, 1.165) is 0 Å². The first-order valence-corrected chi connectivity index (χ1v) is 9.66. The van der Waals surface area contributed by atoms with E-state index in [1.807, 2.05) is 0 Å². The minimum absolute atomic E-state index is 0.124. The van der Waals surface area contributed by atoms with Crippen LogP contribution in [0, 0.1) is 17.2 Å². The van der Waals surface area contributed by atoms with E-state index >= 15 is 0 Å². The molecule has 1 aromatic heterocycles. The summed E-state index contributed by atoms with van der Waals surface area (Å²) < 4.78 is 18.9. The van der Waals surface area contributed by atoms with Crippen LogP contribution in [0.4, 0.5) is 20.6 Å². The van der Waals surface area contributed by atoms with Gasteiger partial charge in [0.25, 0.3) is 0 Å². The van der Waals surface area contributed by atoms with Gasteiger partial charge in [-0.1, -0.05) is 6.07 Å². The Balaban J connectivity index is 1.51. The number of pyridine rings is 1. The maximum Gasteiger partial charge on any atom is 0.321 e. The Morgan fingerprint density at radius 3 is 2.66 bits per heavy atom. The van der Waals surface area contributed by atoms with Gasteiger partial charge in [-0.25, -0.2) is 9.18 Å². The van der Waals surface area contributed by atoms with Crippen molar-refractivity contribution in [3.63, 3.8) is 0 Å². The summed E-state index contributed by atoms with van der Waals surface area (Å²) in [7, 11) is 0. The highest BCUT2D eigenvalue weighted by molar-refractivity contribution is 5.95. The summed E-state index contributed by atoms with van der Waals surface area (Å²) in [6, 6.07) is 8.97. The molecular weight excluding hydrogens is 375 g/mol. The van der Waals surface area contributed by atoms with Crippen LogP contribution in [0.2, 0.25) is 0 Å². The van der Waals surface area contributed by atoms with Crippen LogP contribution in [0.3, 0.4) is 0 Å². The summed E-state index contributed by atoms with van der Waals surface area (Å²) in [5, 5.41) is 5.65. The number of carbonyl (C=O) groups excluding carboxylic acids is 2. The lowest BCUT2D eigenvalue weighted by molar-refractivity contribution is -0.124. The maximum absolute atomic E-state index is 13.4. The number of rotatable bonds is 3. The van der Waals surface area contributed by atoms with E-state index in [1.54, 1.807) is 41.6 Å². The molecule has 1 aromatic carbocycles. The second-order valence-electron chi connectivity index (χ2n) is 7.58. The standard InChI is InChI=1S/C21H23FN4O3/c22-15-3-1-4-16(11-15)25-20(28)26-13-18(21(14-26)6-9-29-10-7-21)19(27)24-17-5-2-8-23-12-17/h1-5,8,11-12,18H,6-7,9-10,13-14H2,(H,24,27)(H,25,28)/t18-/m0/s1. The van der Waals surface area contributed by atoms with Crippen LogP contribution in [0.15, 0.2) is 48.8 Å². The predicted octanol–water partition coefficient (Wildman–Crippen LogP) is 3.12. The highest BCUT2D eigenvalue weighted by Gasteiger charge is 2.51. The molecule has 2 aromatic rings. The van der Waals surface area contributed by atoms with Crippen LogP contribution in [0.25, 0.3) is 0 Å². The number of urea groups is 1. The van der Waals surface area contributed by atoms with Crippen LogP contribution in [-0.2, 0) is 9.53 Å². The molecule has 2 saturated heterocycles. The Morgan fingerprint density at radius 1 is 1.14 bits per heavy atom. The molecule has 29 heavy (non-hydrogen) atoms. The third-order valence-electron chi connectivity index (χ3n) is 5.75. The van der Waals surface area contributed by atoms with Crippen molar-refractivity contribution in [1.29, 1.82) is 0 Å². The fourth-order valence-corrected chi connectivity index (χ4v) is 4.20. The molecule has 7 nitrogen and oxygen atoms in total. The number of anilines is 2. The van der Waals surface area contributed by atoms with E-state index in [-0.39, 0.29) is 23.3 Å². The first kappa shape index (κ1) is 19.3. The fourth-order valence-electron chi connectivity index (χ4n) is 4.20. The lowest BCUT2D eigenvalue weighted by Gasteiger charge is -2.37. The van der Waals surface area contributed by atoms with Crippen LogP contribution >= 0.6 is 0 Å². The van der Waals surface area contributed by atoms with Crippen molar-refractivity contribution in [2.75, 3.05) is 36.9 Å². The summed E-state index contributed by atoms with van der Waals surface area (Å²) >= 11 is 0. The van der Waals surface area contributed by atoms with Gasteiger partial charge in [0.05, 0.1) is 17.8 Å². The van der Waals surface area contributed by atoms with Crippen molar-refractivity contribution >= 4 is 23.3 Å². The average Bonchev–Trinajstić information content (AvgIpc) is 3.08. The molecule has 2 aliphatic heterocycles. The molecule has 8 heteroatoms. The number of aromatic nitrogens is 1. The lowest BCUT2D eigenvalue weighted by atomic mass is 9.71. The number of benzene rings is 1. The summed E-state index contributed by atoms with van der Waals surface area (Å²) in [6.07, 6.45) is 4.66. The highest BCUT2D eigenvalue weighted by Crippen LogP contribution is 2.45. The second-order valence-corrected chi connectivity index (χ2v) is 7.58. The van der Waals surface area contributed by atoms with Crippen LogP contribution in [0.1, 0.15) is 12.8 Å². The predicted molar refractivity (Wildman–Crippen MR) is 106 cm³/mol. The SMILES string of the molecule is O=C(Nc1cccnc1)[C@@H]1CN(C(=O)Nc2cccc(F)c2)CC12CCOCC2. The summed E-state index contributed by atoms with van der Waals surface area (Å²) in [5.41, 5.74) is 0.686. The Kier molecular flexibility index (Phi) is 5.44. The van der Waals surface area contributed by atoms with Gasteiger partial charge < -0.3 is 20.3 Å². The normalized spacial score (nSPS) is 20.4. The summed E-state index contributed by atoms with van der Waals surface area (Å²) in [4.78, 5) is 31.5. The van der Waals surface area contributed by atoms with E-state index in [2.05, 4.69) is 15.6 Å². The van der Waals surface area contributed by atoms with Crippen molar-refractivity contribution in [1.82, 2.24) is 9.88 Å². The number of nitrogens with zero attached hydrogens (tertiary/aromatic N) is 2. The molecule has 0 unspecified atom stereocenters. The smallest absolute Gasteiger partial charge is 0.321 e. The lowest BCUT2D eigenvalue weighted by Crippen LogP contribution is -2.42. The van der Waals surface area contributed by atoms with Crippen LogP contribution in [-0.4, -0.2) is 48.1 Å². The molecule has 2 fully saturated rings. The van der Waals surface area contributed by atoms with E-state index in [1.165, 1.54) is 12.1 Å². The molecule has 0 saturated carbocycles. The topological polar surface area (TPSA) is 83.6 Å². The van der Waals surface area contributed by atoms with E-state index < -0.39 is 5.82 Å². The first-order valence-electron chi connectivity index (χ1n) is 9.66. The van der Waals surface area contributed by atoms with Gasteiger partial charge in [-0.15, -0.1) is 0 Å². The van der Waals surface area contributed by atoms with E-state index in [9.17, 15) is 14.0 Å². The third-order valence-corrected chi connectivity index (χ3v) is 5.75. The Morgan fingerprint density at radius 2 is 1.93 bits per heavy atom. The number of amides is 3. The molecule has 4 rings (SSSR count). The van der Waals surface area contributed by atoms with E-state index in [0.29, 0.717) is 50.5 Å². The van der Waals surface area contributed by atoms with Crippen molar-refractivity contribution in [3.8, 4) is 0 Å². The molecule has 152 valence electrons. The van der Waals surface area contributed by atoms with Crippen LogP contribution in [0.5, 0.6) is 0 Å². The van der Waals surface area contributed by atoms with Crippen molar-refractivity contribution in [2.45, 2.75) is 12.8 Å². The summed E-state index contributed by atoms with van der Waals surface area (Å²) in [6.45, 7) is 1.89. The molecule has 1 atom stereocenters. The quantitative estimate of drug-likeness (QED) is 0.832.